The van der Waals surface area contributed by atoms with Crippen LogP contribution in [0.15, 0.2) is 47.4 Å². The molecule has 0 fully saturated rings. The molecule has 118 valence electrons. The van der Waals surface area contributed by atoms with Crippen molar-refractivity contribution in [3.05, 3.63) is 53.6 Å². The van der Waals surface area contributed by atoms with Crippen LogP contribution in [0.25, 0.3) is 0 Å². The van der Waals surface area contributed by atoms with Gasteiger partial charge in [-0.05, 0) is 53.6 Å². The Morgan fingerprint density at radius 3 is 2.05 bits per heavy atom. The third-order valence-electron chi connectivity index (χ3n) is 4.44. The molecule has 2 rings (SSSR count). The Morgan fingerprint density at radius 2 is 1.55 bits per heavy atom. The lowest BCUT2D eigenvalue weighted by atomic mass is 9.75. The van der Waals surface area contributed by atoms with Crippen molar-refractivity contribution in [2.45, 2.75) is 37.0 Å². The molecule has 2 nitrogen and oxygen atoms in total. The SMILES string of the molecule is CC[C@@](C)(Cc1ccc(OC)cc1S)c1ccc(OC)cc1. The van der Waals surface area contributed by atoms with Crippen LogP contribution >= 0.6 is 12.6 Å². The Balaban J connectivity index is 2.29. The first-order valence-corrected chi connectivity index (χ1v) is 7.97. The highest BCUT2D eigenvalue weighted by Gasteiger charge is 2.26. The van der Waals surface area contributed by atoms with Gasteiger partial charge in [-0.2, -0.15) is 0 Å². The van der Waals surface area contributed by atoms with Crippen LogP contribution in [0.1, 0.15) is 31.4 Å². The van der Waals surface area contributed by atoms with Crippen molar-refractivity contribution in [2.75, 3.05) is 14.2 Å². The van der Waals surface area contributed by atoms with Crippen LogP contribution in [0.3, 0.4) is 0 Å². The van der Waals surface area contributed by atoms with Crippen molar-refractivity contribution in [1.82, 2.24) is 0 Å². The highest BCUT2D eigenvalue weighted by atomic mass is 32.1. The Morgan fingerprint density at radius 1 is 0.955 bits per heavy atom. The molecular formula is C19H24O2S. The maximum Gasteiger partial charge on any atom is 0.119 e. The van der Waals surface area contributed by atoms with Crippen LogP contribution in [0.2, 0.25) is 0 Å². The molecule has 0 aromatic heterocycles. The van der Waals surface area contributed by atoms with E-state index in [1.807, 2.05) is 24.3 Å². The fraction of sp³-hybridized carbons (Fsp3) is 0.368. The van der Waals surface area contributed by atoms with Gasteiger partial charge < -0.3 is 9.47 Å². The van der Waals surface area contributed by atoms with E-state index in [1.54, 1.807) is 14.2 Å². The predicted octanol–water partition coefficient (Wildman–Crippen LogP) is 4.90. The molecule has 0 N–H and O–H groups in total. The zero-order valence-electron chi connectivity index (χ0n) is 13.7. The summed E-state index contributed by atoms with van der Waals surface area (Å²) in [5.41, 5.74) is 2.63. The summed E-state index contributed by atoms with van der Waals surface area (Å²) in [5.74, 6) is 1.73. The molecule has 2 aromatic rings. The molecule has 0 aliphatic carbocycles. The summed E-state index contributed by atoms with van der Waals surface area (Å²) in [7, 11) is 3.37. The molecule has 0 radical (unpaired) electrons. The van der Waals surface area contributed by atoms with Crippen molar-refractivity contribution in [1.29, 1.82) is 0 Å². The number of hydrogen-bond donors (Lipinski definition) is 1. The number of thiol groups is 1. The van der Waals surface area contributed by atoms with E-state index in [0.29, 0.717) is 0 Å². The molecule has 0 saturated carbocycles. The Bertz CT molecular complexity index is 622. The Kier molecular flexibility index (Phi) is 5.41. The number of rotatable bonds is 6. The summed E-state index contributed by atoms with van der Waals surface area (Å²) >= 11 is 4.62. The number of benzene rings is 2. The van der Waals surface area contributed by atoms with Crippen molar-refractivity contribution in [3.63, 3.8) is 0 Å². The molecule has 0 spiro atoms. The van der Waals surface area contributed by atoms with Gasteiger partial charge in [0.2, 0.25) is 0 Å². The zero-order chi connectivity index (χ0) is 16.2. The fourth-order valence-electron chi connectivity index (χ4n) is 2.67. The minimum atomic E-state index is 0.0678. The summed E-state index contributed by atoms with van der Waals surface area (Å²) in [6.45, 7) is 4.53. The van der Waals surface area contributed by atoms with E-state index in [1.165, 1.54) is 11.1 Å². The second-order valence-electron chi connectivity index (χ2n) is 5.81. The Hall–Kier alpha value is -1.61. The molecule has 1 atom stereocenters. The van der Waals surface area contributed by atoms with Crippen molar-refractivity contribution >= 4 is 12.6 Å². The molecule has 0 heterocycles. The van der Waals surface area contributed by atoms with Crippen LogP contribution in [0, 0.1) is 0 Å². The van der Waals surface area contributed by atoms with Gasteiger partial charge in [-0.15, -0.1) is 12.6 Å². The lowest BCUT2D eigenvalue weighted by Gasteiger charge is -2.30. The van der Waals surface area contributed by atoms with Gasteiger partial charge in [0.25, 0.3) is 0 Å². The molecule has 2 aromatic carbocycles. The maximum absolute atomic E-state index is 5.25. The quantitative estimate of drug-likeness (QED) is 0.764. The first-order chi connectivity index (χ1) is 10.5. The highest BCUT2D eigenvalue weighted by Crippen LogP contribution is 2.35. The normalized spacial score (nSPS) is 13.5. The van der Waals surface area contributed by atoms with Crippen molar-refractivity contribution in [2.24, 2.45) is 0 Å². The molecule has 0 unspecified atom stereocenters. The number of ether oxygens (including phenoxy) is 2. The van der Waals surface area contributed by atoms with Gasteiger partial charge in [-0.25, -0.2) is 0 Å². The van der Waals surface area contributed by atoms with Gasteiger partial charge in [0.05, 0.1) is 14.2 Å². The van der Waals surface area contributed by atoms with E-state index in [4.69, 9.17) is 9.47 Å². The summed E-state index contributed by atoms with van der Waals surface area (Å²) in [5, 5.41) is 0. The van der Waals surface area contributed by atoms with Crippen LogP contribution in [-0.4, -0.2) is 14.2 Å². The van der Waals surface area contributed by atoms with Gasteiger partial charge in [0.1, 0.15) is 11.5 Å². The van der Waals surface area contributed by atoms with Crippen molar-refractivity contribution in [3.8, 4) is 11.5 Å². The maximum atomic E-state index is 5.25. The van der Waals surface area contributed by atoms with Crippen LogP contribution in [-0.2, 0) is 11.8 Å². The third-order valence-corrected chi connectivity index (χ3v) is 4.86. The van der Waals surface area contributed by atoms with E-state index >= 15 is 0 Å². The summed E-state index contributed by atoms with van der Waals surface area (Å²) in [4.78, 5) is 0.979. The van der Waals surface area contributed by atoms with Gasteiger partial charge in [0.15, 0.2) is 0 Å². The summed E-state index contributed by atoms with van der Waals surface area (Å²) in [6, 6.07) is 14.5. The fourth-order valence-corrected chi connectivity index (χ4v) is 2.95. The monoisotopic (exact) mass is 316 g/mol. The molecule has 0 aliphatic heterocycles. The Labute approximate surface area is 138 Å². The van der Waals surface area contributed by atoms with Gasteiger partial charge >= 0.3 is 0 Å². The standard InChI is InChI=1S/C19H24O2S/c1-5-19(2,15-7-10-16(20-3)11-8-15)13-14-6-9-17(21-4)12-18(14)22/h6-12,22H,5,13H2,1-4H3/t19-/m0/s1. The molecule has 0 bridgehead atoms. The average molecular weight is 316 g/mol. The lowest BCUT2D eigenvalue weighted by Crippen LogP contribution is -2.24. The average Bonchev–Trinajstić information content (AvgIpc) is 2.56. The number of methoxy groups -OCH3 is 2. The topological polar surface area (TPSA) is 18.5 Å². The molecule has 0 aliphatic rings. The zero-order valence-corrected chi connectivity index (χ0v) is 14.6. The second-order valence-corrected chi connectivity index (χ2v) is 6.30. The van der Waals surface area contributed by atoms with Crippen LogP contribution in [0.4, 0.5) is 0 Å². The molecule has 0 amide bonds. The molecule has 0 saturated heterocycles. The number of hydrogen-bond acceptors (Lipinski definition) is 3. The first kappa shape index (κ1) is 16.8. The van der Waals surface area contributed by atoms with E-state index < -0.39 is 0 Å². The van der Waals surface area contributed by atoms with E-state index in [9.17, 15) is 0 Å². The lowest BCUT2D eigenvalue weighted by molar-refractivity contribution is 0.410. The summed E-state index contributed by atoms with van der Waals surface area (Å²) < 4.78 is 10.5. The molecule has 22 heavy (non-hydrogen) atoms. The van der Waals surface area contributed by atoms with E-state index in [2.05, 4.69) is 44.7 Å². The largest absolute Gasteiger partial charge is 0.497 e. The van der Waals surface area contributed by atoms with Crippen LogP contribution in [0.5, 0.6) is 11.5 Å². The van der Waals surface area contributed by atoms with E-state index in [-0.39, 0.29) is 5.41 Å². The van der Waals surface area contributed by atoms with Crippen molar-refractivity contribution < 1.29 is 9.47 Å². The predicted molar refractivity (Wildman–Crippen MR) is 94.6 cm³/mol. The smallest absolute Gasteiger partial charge is 0.119 e. The van der Waals surface area contributed by atoms with Crippen LogP contribution < -0.4 is 9.47 Å². The first-order valence-electron chi connectivity index (χ1n) is 7.53. The van der Waals surface area contributed by atoms with Gasteiger partial charge in [-0.3, -0.25) is 0 Å². The molecule has 3 heteroatoms. The second kappa shape index (κ2) is 7.10. The summed E-state index contributed by atoms with van der Waals surface area (Å²) in [6.07, 6.45) is 2.00. The molecular weight excluding hydrogens is 292 g/mol. The third kappa shape index (κ3) is 3.58. The highest BCUT2D eigenvalue weighted by molar-refractivity contribution is 7.80. The van der Waals surface area contributed by atoms with E-state index in [0.717, 1.165) is 29.2 Å². The minimum absolute atomic E-state index is 0.0678. The van der Waals surface area contributed by atoms with Gasteiger partial charge in [-0.1, -0.05) is 32.0 Å². The van der Waals surface area contributed by atoms with Gasteiger partial charge in [0, 0.05) is 4.90 Å². The minimum Gasteiger partial charge on any atom is -0.497 e.